The summed E-state index contributed by atoms with van der Waals surface area (Å²) >= 11 is 0. The van der Waals surface area contributed by atoms with Gasteiger partial charge in [-0.1, -0.05) is 187 Å². The van der Waals surface area contributed by atoms with Crippen LogP contribution in [0, 0.1) is 0 Å². The van der Waals surface area contributed by atoms with Crippen LogP contribution in [0.4, 0.5) is 0 Å². The molecule has 1 rings (SSSR count). The number of allylic oxidation sites excluding steroid dienone is 2. The topological polar surface area (TPSA) is 175 Å². The van der Waals surface area contributed by atoms with Crippen molar-refractivity contribution >= 4 is 23.9 Å². The summed E-state index contributed by atoms with van der Waals surface area (Å²) in [6, 6.07) is 0. The number of carbonyl (C=O) groups is 4. The number of rotatable bonds is 43. The van der Waals surface area contributed by atoms with Crippen LogP contribution in [0.3, 0.4) is 0 Å². The van der Waals surface area contributed by atoms with Crippen molar-refractivity contribution in [3.8, 4) is 0 Å². The fraction of sp³-hybridized carbons (Fsp3) is 0.882. The van der Waals surface area contributed by atoms with Crippen LogP contribution in [0.15, 0.2) is 12.2 Å². The minimum atomic E-state index is -1.89. The maximum atomic E-state index is 13.0. The van der Waals surface area contributed by atoms with E-state index in [1.807, 2.05) is 0 Å². The Morgan fingerprint density at radius 2 is 0.905 bits per heavy atom. The number of unbranched alkanes of at least 4 members (excludes halogenated alkanes) is 27. The van der Waals surface area contributed by atoms with Crippen LogP contribution in [0.25, 0.3) is 0 Å². The number of carboxylic acids is 1. The summed E-state index contributed by atoms with van der Waals surface area (Å²) in [5.74, 6) is -3.11. The van der Waals surface area contributed by atoms with Gasteiger partial charge >= 0.3 is 23.9 Å². The van der Waals surface area contributed by atoms with Gasteiger partial charge in [-0.15, -0.1) is 0 Å². The van der Waals surface area contributed by atoms with Gasteiger partial charge in [0.2, 0.25) is 0 Å². The summed E-state index contributed by atoms with van der Waals surface area (Å²) in [5.41, 5.74) is 0. The first kappa shape index (κ1) is 58.5. The number of ether oxygens (including phenoxy) is 5. The Kier molecular flexibility index (Phi) is 38.0. The van der Waals surface area contributed by atoms with Gasteiger partial charge in [0.05, 0.1) is 6.61 Å². The van der Waals surface area contributed by atoms with Gasteiger partial charge in [-0.05, 0) is 44.9 Å². The molecular weight excluding hydrogens is 805 g/mol. The second-order valence-corrected chi connectivity index (χ2v) is 17.8. The lowest BCUT2D eigenvalue weighted by Crippen LogP contribution is -2.61. The molecule has 0 aliphatic carbocycles. The summed E-state index contributed by atoms with van der Waals surface area (Å²) in [7, 11) is 0. The van der Waals surface area contributed by atoms with Crippen molar-refractivity contribution in [1.29, 1.82) is 0 Å². The first-order valence-corrected chi connectivity index (χ1v) is 25.7. The van der Waals surface area contributed by atoms with Gasteiger partial charge in [0.15, 0.2) is 24.6 Å². The molecule has 12 heteroatoms. The molecule has 1 aliphatic rings. The predicted molar refractivity (Wildman–Crippen MR) is 248 cm³/mol. The molecule has 0 spiro atoms. The lowest BCUT2D eigenvalue weighted by Gasteiger charge is -2.40. The Bertz CT molecular complexity index is 1160. The van der Waals surface area contributed by atoms with E-state index >= 15 is 0 Å². The maximum absolute atomic E-state index is 13.0. The smallest absolute Gasteiger partial charge is 0.335 e. The quantitative estimate of drug-likeness (QED) is 0.0229. The number of hydrogen-bond acceptors (Lipinski definition) is 11. The van der Waals surface area contributed by atoms with E-state index in [4.69, 9.17) is 23.7 Å². The number of esters is 3. The number of carboxylic acid groups (broad SMARTS) is 1. The molecule has 12 nitrogen and oxygen atoms in total. The van der Waals surface area contributed by atoms with Crippen molar-refractivity contribution in [3.63, 3.8) is 0 Å². The highest BCUT2D eigenvalue weighted by atomic mass is 16.7. The van der Waals surface area contributed by atoms with Crippen LogP contribution >= 0.6 is 0 Å². The highest BCUT2D eigenvalue weighted by Crippen LogP contribution is 2.26. The Morgan fingerprint density at radius 3 is 1.35 bits per heavy atom. The molecule has 1 saturated heterocycles. The minimum absolute atomic E-state index is 0.0655. The fourth-order valence-electron chi connectivity index (χ4n) is 7.83. The Hall–Kier alpha value is -2.54. The number of aliphatic carboxylic acids is 1. The van der Waals surface area contributed by atoms with Crippen molar-refractivity contribution in [2.24, 2.45) is 0 Å². The molecule has 1 aliphatic heterocycles. The molecule has 6 atom stereocenters. The van der Waals surface area contributed by atoms with Crippen molar-refractivity contribution < 1.29 is 58.2 Å². The van der Waals surface area contributed by atoms with E-state index in [0.717, 1.165) is 83.5 Å². The molecule has 368 valence electrons. The molecule has 0 saturated carbocycles. The van der Waals surface area contributed by atoms with Crippen LogP contribution in [-0.4, -0.2) is 89.2 Å². The van der Waals surface area contributed by atoms with Crippen LogP contribution in [0.2, 0.25) is 0 Å². The second kappa shape index (κ2) is 40.9. The minimum Gasteiger partial charge on any atom is -0.479 e. The molecule has 63 heavy (non-hydrogen) atoms. The average molecular weight is 897 g/mol. The lowest BCUT2D eigenvalue weighted by atomic mass is 9.98. The summed E-state index contributed by atoms with van der Waals surface area (Å²) < 4.78 is 28.2. The third-order valence-electron chi connectivity index (χ3n) is 11.8. The monoisotopic (exact) mass is 897 g/mol. The first-order chi connectivity index (χ1) is 30.6. The highest BCUT2D eigenvalue weighted by Gasteiger charge is 2.50. The van der Waals surface area contributed by atoms with Gasteiger partial charge in [0, 0.05) is 19.3 Å². The number of hydrogen-bond donors (Lipinski definition) is 3. The van der Waals surface area contributed by atoms with E-state index < -0.39 is 67.3 Å². The SMILES string of the molecule is CCCCCCCC/C=C\CCCCCCCC(=O)OCC(COC1OC(C(=O)O)C(O)C(O)C1OC(=O)CCCCCCCCCCC)OC(=O)CCCCCCCCCCC. The largest absolute Gasteiger partial charge is 0.479 e. The van der Waals surface area contributed by atoms with Crippen molar-refractivity contribution in [3.05, 3.63) is 12.2 Å². The van der Waals surface area contributed by atoms with E-state index in [2.05, 4.69) is 32.9 Å². The van der Waals surface area contributed by atoms with Crippen molar-refractivity contribution in [2.75, 3.05) is 13.2 Å². The zero-order valence-electron chi connectivity index (χ0n) is 40.1. The van der Waals surface area contributed by atoms with E-state index in [1.165, 1.54) is 96.3 Å². The third kappa shape index (κ3) is 31.9. The Balaban J connectivity index is 2.71. The normalized spacial score (nSPS) is 19.3. The fourth-order valence-corrected chi connectivity index (χ4v) is 7.83. The van der Waals surface area contributed by atoms with E-state index in [1.54, 1.807) is 0 Å². The van der Waals surface area contributed by atoms with Crippen LogP contribution in [0.5, 0.6) is 0 Å². The second-order valence-electron chi connectivity index (χ2n) is 17.8. The third-order valence-corrected chi connectivity index (χ3v) is 11.8. The molecule has 0 amide bonds. The Morgan fingerprint density at radius 1 is 0.508 bits per heavy atom. The Labute approximate surface area is 382 Å². The molecule has 0 aromatic rings. The standard InChI is InChI=1S/C51H92O12/c1-4-7-10-13-16-19-20-21-22-23-24-27-28-31-34-37-43(52)59-40-42(61-44(53)38-35-32-29-25-17-14-11-8-5-2)41-60-51-49(47(56)46(55)48(63-51)50(57)58)62-45(54)39-36-33-30-26-18-15-12-9-6-3/h21-22,42,46-49,51,55-56H,4-20,23-41H2,1-3H3,(H,57,58)/b22-21-. The first-order valence-electron chi connectivity index (χ1n) is 25.7. The average Bonchev–Trinajstić information content (AvgIpc) is 3.26. The van der Waals surface area contributed by atoms with Gasteiger partial charge in [0.25, 0.3) is 0 Å². The molecule has 6 unspecified atom stereocenters. The van der Waals surface area contributed by atoms with Gasteiger partial charge in [-0.2, -0.15) is 0 Å². The highest BCUT2D eigenvalue weighted by molar-refractivity contribution is 5.74. The summed E-state index contributed by atoms with van der Waals surface area (Å²) in [6.45, 7) is 5.91. The van der Waals surface area contributed by atoms with Crippen LogP contribution in [0.1, 0.15) is 239 Å². The molecular formula is C51H92O12. The number of aliphatic hydroxyl groups excluding tert-OH is 2. The zero-order chi connectivity index (χ0) is 46.2. The van der Waals surface area contributed by atoms with E-state index in [9.17, 15) is 34.5 Å². The van der Waals surface area contributed by atoms with Gasteiger partial charge in [0.1, 0.15) is 18.8 Å². The molecule has 0 aromatic heterocycles. The molecule has 0 radical (unpaired) electrons. The van der Waals surface area contributed by atoms with E-state index in [-0.39, 0.29) is 25.9 Å². The molecule has 3 N–H and O–H groups in total. The van der Waals surface area contributed by atoms with Crippen LogP contribution in [-0.2, 0) is 42.9 Å². The number of aliphatic hydroxyl groups is 2. The van der Waals surface area contributed by atoms with Gasteiger partial charge < -0.3 is 39.0 Å². The molecule has 0 bridgehead atoms. The van der Waals surface area contributed by atoms with Crippen molar-refractivity contribution in [1.82, 2.24) is 0 Å². The number of carbonyl (C=O) groups excluding carboxylic acids is 3. The van der Waals surface area contributed by atoms with Gasteiger partial charge in [-0.25, -0.2) is 4.79 Å². The van der Waals surface area contributed by atoms with E-state index in [0.29, 0.717) is 19.3 Å². The summed E-state index contributed by atoms with van der Waals surface area (Å²) in [6.07, 6.45) is 29.4. The molecule has 1 fully saturated rings. The molecule has 0 aromatic carbocycles. The van der Waals surface area contributed by atoms with Crippen LogP contribution < -0.4 is 0 Å². The zero-order valence-corrected chi connectivity index (χ0v) is 40.1. The van der Waals surface area contributed by atoms with Crippen molar-refractivity contribution in [2.45, 2.75) is 276 Å². The summed E-state index contributed by atoms with van der Waals surface area (Å²) in [4.78, 5) is 50.6. The molecule has 1 heterocycles. The van der Waals surface area contributed by atoms with Gasteiger partial charge in [-0.3, -0.25) is 14.4 Å². The maximum Gasteiger partial charge on any atom is 0.335 e. The lowest BCUT2D eigenvalue weighted by molar-refractivity contribution is -0.301. The predicted octanol–water partition coefficient (Wildman–Crippen LogP) is 11.8. The summed E-state index contributed by atoms with van der Waals surface area (Å²) in [5, 5.41) is 31.2.